The van der Waals surface area contributed by atoms with Gasteiger partial charge in [-0.2, -0.15) is 0 Å². The van der Waals surface area contributed by atoms with Crippen LogP contribution in [0, 0.1) is 0 Å². The van der Waals surface area contributed by atoms with Crippen molar-refractivity contribution in [3.05, 3.63) is 140 Å². The lowest BCUT2D eigenvalue weighted by Gasteiger charge is -2.14. The summed E-state index contributed by atoms with van der Waals surface area (Å²) >= 11 is 1.88. The third kappa shape index (κ3) is 3.84. The Balaban J connectivity index is 1.28. The first-order valence-electron chi connectivity index (χ1n) is 14.4. The van der Waals surface area contributed by atoms with Crippen molar-refractivity contribution in [3.63, 3.8) is 0 Å². The molecule has 0 amide bonds. The molecule has 0 radical (unpaired) electrons. The fourth-order valence-corrected chi connectivity index (χ4v) is 7.53. The molecule has 9 rings (SSSR count). The van der Waals surface area contributed by atoms with E-state index in [1.165, 1.54) is 47.3 Å². The van der Waals surface area contributed by atoms with Crippen LogP contribution in [0.5, 0.6) is 0 Å². The maximum atomic E-state index is 4.98. The van der Waals surface area contributed by atoms with Crippen molar-refractivity contribution in [2.24, 2.45) is 0 Å². The van der Waals surface area contributed by atoms with Crippen molar-refractivity contribution in [3.8, 4) is 45.3 Å². The number of nitrogens with zero attached hydrogens (tertiary/aromatic N) is 3. The zero-order valence-electron chi connectivity index (χ0n) is 23.0. The normalized spacial score (nSPS) is 11.7. The molecule has 3 nitrogen and oxygen atoms in total. The molecule has 0 fully saturated rings. The highest BCUT2D eigenvalue weighted by Gasteiger charge is 2.18. The van der Waals surface area contributed by atoms with E-state index in [4.69, 9.17) is 15.0 Å². The summed E-state index contributed by atoms with van der Waals surface area (Å²) in [5.41, 5.74) is 5.23. The second kappa shape index (κ2) is 9.55. The summed E-state index contributed by atoms with van der Waals surface area (Å²) in [6, 6.07) is 49.0. The number of rotatable bonds is 4. The number of hydrogen-bond donors (Lipinski definition) is 0. The third-order valence-electron chi connectivity index (χ3n) is 8.28. The summed E-state index contributed by atoms with van der Waals surface area (Å²) in [5, 5.41) is 7.93. The van der Waals surface area contributed by atoms with Gasteiger partial charge < -0.3 is 0 Å². The van der Waals surface area contributed by atoms with Gasteiger partial charge >= 0.3 is 0 Å². The summed E-state index contributed by atoms with van der Waals surface area (Å²) in [5.74, 6) is 1.99. The van der Waals surface area contributed by atoms with E-state index in [-0.39, 0.29) is 0 Å². The van der Waals surface area contributed by atoms with E-state index in [0.717, 1.165) is 22.3 Å². The molecule has 2 aromatic heterocycles. The van der Waals surface area contributed by atoms with Crippen LogP contribution in [0.2, 0.25) is 0 Å². The van der Waals surface area contributed by atoms with Crippen LogP contribution in [0.25, 0.3) is 87.0 Å². The topological polar surface area (TPSA) is 38.7 Å². The minimum atomic E-state index is 0.659. The quantitative estimate of drug-likeness (QED) is 0.199. The van der Waals surface area contributed by atoms with Crippen molar-refractivity contribution in [1.29, 1.82) is 0 Å². The van der Waals surface area contributed by atoms with E-state index in [1.807, 2.05) is 72.0 Å². The van der Waals surface area contributed by atoms with Crippen LogP contribution < -0.4 is 0 Å². The minimum Gasteiger partial charge on any atom is -0.208 e. The predicted octanol–water partition coefficient (Wildman–Crippen LogP) is 10.7. The van der Waals surface area contributed by atoms with E-state index in [9.17, 15) is 0 Å². The van der Waals surface area contributed by atoms with E-state index < -0.39 is 0 Å². The molecule has 9 aromatic rings. The Bertz CT molecular complexity index is 2390. The molecular weight excluding hydrogens is 543 g/mol. The van der Waals surface area contributed by atoms with Gasteiger partial charge in [-0.3, -0.25) is 0 Å². The van der Waals surface area contributed by atoms with Gasteiger partial charge in [0, 0.05) is 36.9 Å². The maximum absolute atomic E-state index is 4.98. The largest absolute Gasteiger partial charge is 0.208 e. The second-order valence-electron chi connectivity index (χ2n) is 10.8. The Morgan fingerprint density at radius 3 is 1.47 bits per heavy atom. The molecule has 7 aromatic carbocycles. The van der Waals surface area contributed by atoms with Gasteiger partial charge in [0.1, 0.15) is 0 Å². The van der Waals surface area contributed by atoms with Crippen LogP contribution in [0.3, 0.4) is 0 Å². The summed E-state index contributed by atoms with van der Waals surface area (Å²) in [6.07, 6.45) is 0. The first kappa shape index (κ1) is 24.2. The van der Waals surface area contributed by atoms with E-state index in [1.54, 1.807) is 0 Å². The van der Waals surface area contributed by atoms with Gasteiger partial charge in [-0.15, -0.1) is 11.3 Å². The van der Waals surface area contributed by atoms with Crippen LogP contribution in [0.15, 0.2) is 140 Å². The molecule has 0 aliphatic rings. The van der Waals surface area contributed by atoms with Crippen molar-refractivity contribution in [1.82, 2.24) is 15.0 Å². The monoisotopic (exact) mass is 565 g/mol. The van der Waals surface area contributed by atoms with E-state index in [0.29, 0.717) is 17.5 Å². The Kier molecular flexibility index (Phi) is 5.37. The van der Waals surface area contributed by atoms with E-state index in [2.05, 4.69) is 78.9 Å². The van der Waals surface area contributed by atoms with Crippen LogP contribution in [-0.2, 0) is 0 Å². The molecule has 0 spiro atoms. The van der Waals surface area contributed by atoms with Crippen LogP contribution in [0.1, 0.15) is 0 Å². The number of fused-ring (bicyclic) bond motifs is 3. The Morgan fingerprint density at radius 1 is 0.349 bits per heavy atom. The van der Waals surface area contributed by atoms with Crippen molar-refractivity contribution in [2.45, 2.75) is 0 Å². The van der Waals surface area contributed by atoms with Gasteiger partial charge in [0.15, 0.2) is 17.5 Å². The summed E-state index contributed by atoms with van der Waals surface area (Å²) in [7, 11) is 0. The molecule has 0 atom stereocenters. The first-order chi connectivity index (χ1) is 21.3. The number of aromatic nitrogens is 3. The molecule has 43 heavy (non-hydrogen) atoms. The average Bonchev–Trinajstić information content (AvgIpc) is 3.48. The molecule has 0 saturated heterocycles. The fraction of sp³-hybridized carbons (Fsp3) is 0. The average molecular weight is 566 g/mol. The van der Waals surface area contributed by atoms with Crippen molar-refractivity contribution >= 4 is 53.1 Å². The molecule has 0 aliphatic heterocycles. The van der Waals surface area contributed by atoms with Crippen molar-refractivity contribution in [2.75, 3.05) is 0 Å². The second-order valence-corrected chi connectivity index (χ2v) is 11.9. The smallest absolute Gasteiger partial charge is 0.164 e. The Hall–Kier alpha value is -5.45. The molecule has 0 bridgehead atoms. The standard InChI is InChI=1S/C39H23N3S/c1-3-11-24(12-4-1)37-40-38(25-13-5-2-6-14-25)42-39(41-37)27-16-7-15-26(23-27)28-17-8-18-29-30-19-9-21-32-35(30)36-31(34(28)29)20-10-22-33(36)43-32/h1-23H. The Labute approximate surface area is 252 Å². The highest BCUT2D eigenvalue weighted by Crippen LogP contribution is 2.47. The zero-order chi connectivity index (χ0) is 28.3. The van der Waals surface area contributed by atoms with Crippen LogP contribution in [-0.4, -0.2) is 15.0 Å². The van der Waals surface area contributed by atoms with Gasteiger partial charge in [0.25, 0.3) is 0 Å². The number of benzene rings is 7. The Morgan fingerprint density at radius 2 is 0.814 bits per heavy atom. The van der Waals surface area contributed by atoms with Gasteiger partial charge in [0.05, 0.1) is 0 Å². The van der Waals surface area contributed by atoms with Gasteiger partial charge in [-0.25, -0.2) is 15.0 Å². The summed E-state index contributed by atoms with van der Waals surface area (Å²) in [6.45, 7) is 0. The SMILES string of the molecule is c1ccc(-c2nc(-c3ccccc3)nc(-c3cccc(-c4cccc5c6cccc7sc8cccc(c45)c8c76)c3)n2)cc1. The lowest BCUT2D eigenvalue weighted by Crippen LogP contribution is -2.00. The molecular formula is C39H23N3S. The highest BCUT2D eigenvalue weighted by molar-refractivity contribution is 7.26. The van der Waals surface area contributed by atoms with Gasteiger partial charge in [0.2, 0.25) is 0 Å². The lowest BCUT2D eigenvalue weighted by molar-refractivity contribution is 1.07. The summed E-state index contributed by atoms with van der Waals surface area (Å²) in [4.78, 5) is 14.8. The predicted molar refractivity (Wildman–Crippen MR) is 181 cm³/mol. The van der Waals surface area contributed by atoms with Crippen LogP contribution in [0.4, 0.5) is 0 Å². The molecule has 0 aliphatic carbocycles. The number of thiophene rings is 1. The molecule has 2 heterocycles. The molecule has 0 unspecified atom stereocenters. The fourth-order valence-electron chi connectivity index (χ4n) is 6.37. The first-order valence-corrected chi connectivity index (χ1v) is 15.2. The van der Waals surface area contributed by atoms with Crippen LogP contribution >= 0.6 is 11.3 Å². The lowest BCUT2D eigenvalue weighted by atomic mass is 9.89. The highest BCUT2D eigenvalue weighted by atomic mass is 32.1. The van der Waals surface area contributed by atoms with Gasteiger partial charge in [-0.1, -0.05) is 121 Å². The van der Waals surface area contributed by atoms with E-state index >= 15 is 0 Å². The zero-order valence-corrected chi connectivity index (χ0v) is 23.8. The number of hydrogen-bond acceptors (Lipinski definition) is 4. The third-order valence-corrected chi connectivity index (χ3v) is 9.40. The van der Waals surface area contributed by atoms with Gasteiger partial charge in [-0.05, 0) is 50.9 Å². The molecule has 0 saturated carbocycles. The summed E-state index contributed by atoms with van der Waals surface area (Å²) < 4.78 is 2.68. The molecule has 200 valence electrons. The maximum Gasteiger partial charge on any atom is 0.164 e. The molecule has 4 heteroatoms. The molecule has 0 N–H and O–H groups in total. The van der Waals surface area contributed by atoms with Crippen molar-refractivity contribution < 1.29 is 0 Å². The minimum absolute atomic E-state index is 0.659.